The Morgan fingerprint density at radius 2 is 2.10 bits per heavy atom. The Kier molecular flexibility index (Phi) is 4.80. The van der Waals surface area contributed by atoms with Crippen LogP contribution in [0, 0.1) is 0 Å². The molecule has 1 aromatic carbocycles. The second-order valence-electron chi connectivity index (χ2n) is 5.17. The fraction of sp³-hybridized carbons (Fsp3) is 0.400. The van der Waals surface area contributed by atoms with Gasteiger partial charge in [-0.3, -0.25) is 4.68 Å². The average molecular weight is 307 g/mol. The SMILES string of the molecule is CNC(CCc1ccnn1C)c1cccc(S(C)(=O)=O)c1. The van der Waals surface area contributed by atoms with Crippen molar-refractivity contribution >= 4 is 9.84 Å². The summed E-state index contributed by atoms with van der Waals surface area (Å²) >= 11 is 0. The predicted octanol–water partition coefficient (Wildman–Crippen LogP) is 1.72. The molecule has 0 aliphatic carbocycles. The van der Waals surface area contributed by atoms with Gasteiger partial charge in [0.25, 0.3) is 0 Å². The highest BCUT2D eigenvalue weighted by Gasteiger charge is 2.14. The number of benzene rings is 1. The van der Waals surface area contributed by atoms with E-state index in [2.05, 4.69) is 10.4 Å². The zero-order chi connectivity index (χ0) is 15.5. The minimum Gasteiger partial charge on any atom is -0.313 e. The monoisotopic (exact) mass is 307 g/mol. The molecule has 1 aromatic heterocycles. The van der Waals surface area contributed by atoms with Crippen LogP contribution in [-0.4, -0.2) is 31.5 Å². The van der Waals surface area contributed by atoms with Crippen molar-refractivity contribution in [2.45, 2.75) is 23.8 Å². The zero-order valence-corrected chi connectivity index (χ0v) is 13.4. The molecule has 114 valence electrons. The molecule has 0 fully saturated rings. The maximum absolute atomic E-state index is 11.7. The summed E-state index contributed by atoms with van der Waals surface area (Å²) in [6.07, 6.45) is 4.78. The van der Waals surface area contributed by atoms with Gasteiger partial charge in [-0.1, -0.05) is 12.1 Å². The van der Waals surface area contributed by atoms with E-state index in [0.29, 0.717) is 4.90 Å². The first-order chi connectivity index (χ1) is 9.91. The maximum atomic E-state index is 11.7. The van der Waals surface area contributed by atoms with Crippen molar-refractivity contribution in [3.8, 4) is 0 Å². The summed E-state index contributed by atoms with van der Waals surface area (Å²) in [6.45, 7) is 0. The van der Waals surface area contributed by atoms with Crippen molar-refractivity contribution in [2.75, 3.05) is 13.3 Å². The van der Waals surface area contributed by atoms with Crippen LogP contribution in [0.4, 0.5) is 0 Å². The molecule has 5 nitrogen and oxygen atoms in total. The van der Waals surface area contributed by atoms with E-state index in [1.54, 1.807) is 24.4 Å². The van der Waals surface area contributed by atoms with Crippen molar-refractivity contribution in [3.63, 3.8) is 0 Å². The first-order valence-corrected chi connectivity index (χ1v) is 8.75. The van der Waals surface area contributed by atoms with E-state index < -0.39 is 9.84 Å². The van der Waals surface area contributed by atoms with E-state index in [0.717, 1.165) is 24.1 Å². The van der Waals surface area contributed by atoms with E-state index in [9.17, 15) is 8.42 Å². The molecule has 21 heavy (non-hydrogen) atoms. The van der Waals surface area contributed by atoms with Gasteiger partial charge in [-0.15, -0.1) is 0 Å². The van der Waals surface area contributed by atoms with Crippen molar-refractivity contribution in [1.29, 1.82) is 0 Å². The second kappa shape index (κ2) is 6.41. The minimum absolute atomic E-state index is 0.113. The first-order valence-electron chi connectivity index (χ1n) is 6.86. The third-order valence-corrected chi connectivity index (χ3v) is 4.76. The Morgan fingerprint density at radius 1 is 1.33 bits per heavy atom. The van der Waals surface area contributed by atoms with Crippen LogP contribution < -0.4 is 5.32 Å². The molecular formula is C15H21N3O2S. The minimum atomic E-state index is -3.17. The topological polar surface area (TPSA) is 64.0 Å². The Hall–Kier alpha value is -1.66. The zero-order valence-electron chi connectivity index (χ0n) is 12.6. The summed E-state index contributed by atoms with van der Waals surface area (Å²) < 4.78 is 25.2. The van der Waals surface area contributed by atoms with E-state index in [1.807, 2.05) is 30.9 Å². The predicted molar refractivity (Wildman–Crippen MR) is 82.9 cm³/mol. The summed E-state index contributed by atoms with van der Waals surface area (Å²) in [5.41, 5.74) is 2.15. The largest absolute Gasteiger partial charge is 0.313 e. The quantitative estimate of drug-likeness (QED) is 0.882. The summed E-state index contributed by atoms with van der Waals surface area (Å²) in [6, 6.07) is 9.24. The van der Waals surface area contributed by atoms with Gasteiger partial charge in [0, 0.05) is 31.2 Å². The molecule has 6 heteroatoms. The molecule has 1 atom stereocenters. The Labute approximate surface area is 125 Å². The Morgan fingerprint density at radius 3 is 2.67 bits per heavy atom. The average Bonchev–Trinajstić information content (AvgIpc) is 2.84. The lowest BCUT2D eigenvalue weighted by Crippen LogP contribution is -2.18. The van der Waals surface area contributed by atoms with Crippen molar-refractivity contribution in [3.05, 3.63) is 47.8 Å². The van der Waals surface area contributed by atoms with Crippen LogP contribution in [0.2, 0.25) is 0 Å². The van der Waals surface area contributed by atoms with Crippen molar-refractivity contribution < 1.29 is 8.42 Å². The number of hydrogen-bond donors (Lipinski definition) is 1. The van der Waals surface area contributed by atoms with Crippen LogP contribution in [0.5, 0.6) is 0 Å². The lowest BCUT2D eigenvalue weighted by atomic mass is 10.0. The third kappa shape index (κ3) is 3.92. The summed E-state index contributed by atoms with van der Waals surface area (Å²) in [5, 5.41) is 7.41. The number of aromatic nitrogens is 2. The van der Waals surface area contributed by atoms with Gasteiger partial charge in [0.05, 0.1) is 4.90 Å². The maximum Gasteiger partial charge on any atom is 0.175 e. The fourth-order valence-corrected chi connectivity index (χ4v) is 3.05. The smallest absolute Gasteiger partial charge is 0.175 e. The molecule has 0 saturated heterocycles. The highest BCUT2D eigenvalue weighted by Crippen LogP contribution is 2.21. The van der Waals surface area contributed by atoms with Crippen LogP contribution in [0.1, 0.15) is 23.7 Å². The molecule has 2 aromatic rings. The molecule has 1 N–H and O–H groups in total. The molecule has 2 rings (SSSR count). The number of nitrogens with one attached hydrogen (secondary N) is 1. The Bertz CT molecular complexity index is 707. The van der Waals surface area contributed by atoms with E-state index in [1.165, 1.54) is 6.26 Å². The van der Waals surface area contributed by atoms with E-state index in [4.69, 9.17) is 0 Å². The van der Waals surface area contributed by atoms with E-state index >= 15 is 0 Å². The molecule has 0 radical (unpaired) electrons. The van der Waals surface area contributed by atoms with Gasteiger partial charge in [-0.05, 0) is 43.7 Å². The van der Waals surface area contributed by atoms with Crippen molar-refractivity contribution in [1.82, 2.24) is 15.1 Å². The normalized spacial score (nSPS) is 13.3. The van der Waals surface area contributed by atoms with Crippen LogP contribution in [0.25, 0.3) is 0 Å². The van der Waals surface area contributed by atoms with Crippen LogP contribution in [0.3, 0.4) is 0 Å². The van der Waals surface area contributed by atoms with Crippen LogP contribution >= 0.6 is 0 Å². The number of rotatable bonds is 6. The summed E-state index contributed by atoms with van der Waals surface area (Å²) in [5.74, 6) is 0. The fourth-order valence-electron chi connectivity index (χ4n) is 2.38. The highest BCUT2D eigenvalue weighted by atomic mass is 32.2. The molecule has 0 amide bonds. The van der Waals surface area contributed by atoms with Gasteiger partial charge in [0.15, 0.2) is 9.84 Å². The number of hydrogen-bond acceptors (Lipinski definition) is 4. The highest BCUT2D eigenvalue weighted by molar-refractivity contribution is 7.90. The van der Waals surface area contributed by atoms with Gasteiger partial charge in [0.1, 0.15) is 0 Å². The van der Waals surface area contributed by atoms with Crippen LogP contribution in [0.15, 0.2) is 41.4 Å². The molecule has 0 aliphatic heterocycles. The van der Waals surface area contributed by atoms with E-state index in [-0.39, 0.29) is 6.04 Å². The second-order valence-corrected chi connectivity index (χ2v) is 7.19. The number of sulfone groups is 1. The molecule has 1 heterocycles. The standard InChI is InChI=1S/C15H21N3O2S/c1-16-15(8-7-13-9-10-17-18(13)2)12-5-4-6-14(11-12)21(3,19)20/h4-6,9-11,15-16H,7-8H2,1-3H3. The molecule has 0 spiro atoms. The van der Waals surface area contributed by atoms with Crippen molar-refractivity contribution in [2.24, 2.45) is 7.05 Å². The first kappa shape index (κ1) is 15.7. The third-order valence-electron chi connectivity index (χ3n) is 3.65. The van der Waals surface area contributed by atoms with Gasteiger partial charge in [0.2, 0.25) is 0 Å². The Balaban J connectivity index is 2.16. The molecule has 0 saturated carbocycles. The molecule has 0 aliphatic rings. The molecular weight excluding hydrogens is 286 g/mol. The van der Waals surface area contributed by atoms with Gasteiger partial charge in [-0.25, -0.2) is 8.42 Å². The van der Waals surface area contributed by atoms with Crippen LogP contribution in [-0.2, 0) is 23.3 Å². The summed E-state index contributed by atoms with van der Waals surface area (Å²) in [7, 11) is 0.641. The van der Waals surface area contributed by atoms with Gasteiger partial charge in [-0.2, -0.15) is 5.10 Å². The number of aryl methyl sites for hydroxylation is 2. The van der Waals surface area contributed by atoms with Gasteiger partial charge >= 0.3 is 0 Å². The number of nitrogens with zero attached hydrogens (tertiary/aromatic N) is 2. The summed E-state index contributed by atoms with van der Waals surface area (Å²) in [4.78, 5) is 0.362. The lowest BCUT2D eigenvalue weighted by Gasteiger charge is -2.17. The lowest BCUT2D eigenvalue weighted by molar-refractivity contribution is 0.534. The van der Waals surface area contributed by atoms with Gasteiger partial charge < -0.3 is 5.32 Å². The molecule has 1 unspecified atom stereocenters. The molecule has 0 bridgehead atoms.